The Hall–Kier alpha value is -3.67. The maximum absolute atomic E-state index is 14.0. The van der Waals surface area contributed by atoms with Gasteiger partial charge in [0.1, 0.15) is 17.7 Å². The van der Waals surface area contributed by atoms with Crippen LogP contribution in [-0.4, -0.2) is 133 Å². The summed E-state index contributed by atoms with van der Waals surface area (Å²) in [6, 6.07) is 6.05. The molecule has 5 N–H and O–H groups in total. The van der Waals surface area contributed by atoms with Crippen molar-refractivity contribution in [2.75, 3.05) is 65.8 Å². The van der Waals surface area contributed by atoms with Gasteiger partial charge >= 0.3 is 6.09 Å². The van der Waals surface area contributed by atoms with Crippen LogP contribution in [0.25, 0.3) is 10.4 Å². The third-order valence-corrected chi connectivity index (χ3v) is 9.93. The predicted octanol–water partition coefficient (Wildman–Crippen LogP) is 3.64. The number of benzene rings is 1. The first-order chi connectivity index (χ1) is 26.5. The monoisotopic (exact) mass is 804 g/mol. The third-order valence-electron chi connectivity index (χ3n) is 8.96. The largest absolute Gasteiger partial charge is 0.444 e. The average Bonchev–Trinajstić information content (AvgIpc) is 3.75. The number of unbranched alkanes of at least 4 members (excludes halogenated alkanes) is 1. The lowest BCUT2D eigenvalue weighted by Crippen LogP contribution is -2.57. The van der Waals surface area contributed by atoms with Gasteiger partial charge in [0.2, 0.25) is 17.7 Å². The van der Waals surface area contributed by atoms with Crippen LogP contribution in [0.15, 0.2) is 29.8 Å². The van der Waals surface area contributed by atoms with E-state index in [0.29, 0.717) is 65.5 Å². The molecule has 4 amide bonds. The molecule has 0 bridgehead atoms. The fraction of sp³-hybridized carbons (Fsp3) is 0.675. The maximum atomic E-state index is 14.0. The Morgan fingerprint density at radius 1 is 0.964 bits per heavy atom. The highest BCUT2D eigenvalue weighted by molar-refractivity contribution is 7.13. The molecule has 0 radical (unpaired) electrons. The third kappa shape index (κ3) is 16.1. The van der Waals surface area contributed by atoms with Gasteiger partial charge in [-0.2, -0.15) is 0 Å². The van der Waals surface area contributed by atoms with E-state index in [1.807, 2.05) is 57.5 Å². The number of carbonyl (C=O) groups is 4. The molecule has 1 saturated heterocycles. The summed E-state index contributed by atoms with van der Waals surface area (Å²) < 4.78 is 22.0. The van der Waals surface area contributed by atoms with Crippen LogP contribution in [-0.2, 0) is 39.9 Å². The van der Waals surface area contributed by atoms with Gasteiger partial charge < -0.3 is 50.2 Å². The number of carbonyl (C=O) groups excluding carboxylic acids is 4. The number of β-amino-alcohol motifs (C(OH)–C–C–N with tert-alkyl or cyclic N) is 1. The number of thiazole rings is 1. The second-order valence-corrected chi connectivity index (χ2v) is 16.8. The average molecular weight is 805 g/mol. The molecule has 314 valence electrons. The van der Waals surface area contributed by atoms with Crippen LogP contribution < -0.4 is 16.4 Å². The van der Waals surface area contributed by atoms with Gasteiger partial charge in [0.05, 0.1) is 61.8 Å². The summed E-state index contributed by atoms with van der Waals surface area (Å²) in [5.41, 5.74) is 8.75. The van der Waals surface area contributed by atoms with Crippen molar-refractivity contribution < 1.29 is 43.2 Å². The molecule has 15 nitrogen and oxygen atoms in total. The van der Waals surface area contributed by atoms with E-state index in [0.717, 1.165) is 21.7 Å². The first-order valence-corrected chi connectivity index (χ1v) is 20.3. The maximum Gasteiger partial charge on any atom is 0.410 e. The Kier molecular flexibility index (Phi) is 19.1. The molecule has 0 spiro atoms. The molecule has 1 fully saturated rings. The fourth-order valence-corrected chi connectivity index (χ4v) is 6.83. The highest BCUT2D eigenvalue weighted by Gasteiger charge is 2.44. The van der Waals surface area contributed by atoms with Crippen LogP contribution in [0.3, 0.4) is 0 Å². The number of ether oxygens (including phenoxy) is 4. The molecule has 2 aromatic rings. The Morgan fingerprint density at radius 3 is 2.20 bits per heavy atom. The van der Waals surface area contributed by atoms with Crippen molar-refractivity contribution >= 4 is 35.2 Å². The number of likely N-dealkylation sites (tertiary alicyclic amines) is 1. The summed E-state index contributed by atoms with van der Waals surface area (Å²) in [6.45, 7) is 16.7. The highest BCUT2D eigenvalue weighted by atomic mass is 32.1. The Labute approximate surface area is 336 Å². The minimum absolute atomic E-state index is 0.0102. The molecule has 2 heterocycles. The van der Waals surface area contributed by atoms with E-state index in [-0.39, 0.29) is 44.4 Å². The lowest BCUT2D eigenvalue weighted by molar-refractivity contribution is -0.144. The molecule has 0 saturated carbocycles. The van der Waals surface area contributed by atoms with Crippen LogP contribution >= 0.6 is 11.3 Å². The lowest BCUT2D eigenvalue weighted by Gasteiger charge is -2.35. The molecule has 3 atom stereocenters. The van der Waals surface area contributed by atoms with Crippen LogP contribution in [0.2, 0.25) is 0 Å². The van der Waals surface area contributed by atoms with Gasteiger partial charge in [0, 0.05) is 45.6 Å². The van der Waals surface area contributed by atoms with Crippen LogP contribution in [0.1, 0.15) is 78.5 Å². The molecule has 1 aliphatic heterocycles. The number of aryl methyl sites for hydroxylation is 1. The molecule has 16 heteroatoms. The van der Waals surface area contributed by atoms with E-state index in [1.54, 1.807) is 37.0 Å². The van der Waals surface area contributed by atoms with Crippen molar-refractivity contribution in [1.29, 1.82) is 0 Å². The zero-order chi connectivity index (χ0) is 41.3. The Balaban J connectivity index is 1.50. The molecule has 1 aromatic heterocycles. The zero-order valence-corrected chi connectivity index (χ0v) is 35.1. The standard InChI is InChI=1S/C40H64N6O9S/c1-28-34(56-27-43-28)30-13-11-29(12-14-30)25-42-36(49)32-24-31(47)26-46(32)37(50)35(39(2,3)4)44-33(48)10-8-9-16-45(38(51)55-40(5,6)7)17-19-53-21-23-54-22-20-52-18-15-41/h11-14,27,31-32,35,47H,8-10,15-26,41H2,1-7H3,(H,42,49)(H,44,48)/t31-,32+,35-/m1/s1. The lowest BCUT2D eigenvalue weighted by atomic mass is 9.85. The Morgan fingerprint density at radius 2 is 1.61 bits per heavy atom. The summed E-state index contributed by atoms with van der Waals surface area (Å²) in [4.78, 5) is 62.0. The van der Waals surface area contributed by atoms with E-state index < -0.39 is 41.2 Å². The predicted molar refractivity (Wildman–Crippen MR) is 215 cm³/mol. The summed E-state index contributed by atoms with van der Waals surface area (Å²) in [7, 11) is 0. The second kappa shape index (κ2) is 22.9. The number of aliphatic hydroxyl groups is 1. The Bertz CT molecular complexity index is 1530. The minimum atomic E-state index is -0.934. The van der Waals surface area contributed by atoms with E-state index in [9.17, 15) is 24.3 Å². The second-order valence-electron chi connectivity index (χ2n) is 16.0. The number of aromatic nitrogens is 1. The number of nitrogens with one attached hydrogen (secondary N) is 2. The van der Waals surface area contributed by atoms with E-state index in [2.05, 4.69) is 15.6 Å². The molecule has 0 unspecified atom stereocenters. The van der Waals surface area contributed by atoms with Gasteiger partial charge in [-0.1, -0.05) is 45.0 Å². The van der Waals surface area contributed by atoms with E-state index >= 15 is 0 Å². The van der Waals surface area contributed by atoms with Crippen LogP contribution in [0.4, 0.5) is 4.79 Å². The van der Waals surface area contributed by atoms with Gasteiger partial charge in [-0.15, -0.1) is 11.3 Å². The minimum Gasteiger partial charge on any atom is -0.444 e. The summed E-state index contributed by atoms with van der Waals surface area (Å²) in [5, 5.41) is 16.4. The number of hydrogen-bond acceptors (Lipinski definition) is 12. The number of nitrogens with two attached hydrogens (primary N) is 1. The number of aliphatic hydroxyl groups excluding tert-OH is 1. The summed E-state index contributed by atoms with van der Waals surface area (Å²) >= 11 is 1.57. The van der Waals surface area contributed by atoms with Crippen molar-refractivity contribution in [2.45, 2.75) is 104 Å². The first kappa shape index (κ1) is 46.7. The van der Waals surface area contributed by atoms with Crippen molar-refractivity contribution in [2.24, 2.45) is 11.1 Å². The molecule has 0 aliphatic carbocycles. The van der Waals surface area contributed by atoms with Crippen LogP contribution in [0.5, 0.6) is 0 Å². The van der Waals surface area contributed by atoms with Crippen molar-refractivity contribution in [3.05, 3.63) is 41.0 Å². The summed E-state index contributed by atoms with van der Waals surface area (Å²) in [5.74, 6) is -1.11. The normalized spacial score (nSPS) is 16.4. The molecular formula is C40H64N6O9S. The summed E-state index contributed by atoms with van der Waals surface area (Å²) in [6.07, 6.45) is -0.145. The number of amides is 4. The topological polar surface area (TPSA) is 195 Å². The number of nitrogens with zero attached hydrogens (tertiary/aromatic N) is 3. The number of hydrogen-bond donors (Lipinski definition) is 4. The molecule has 1 aliphatic rings. The quantitative estimate of drug-likeness (QED) is 0.127. The van der Waals surface area contributed by atoms with Gasteiger partial charge in [-0.3, -0.25) is 14.4 Å². The van der Waals surface area contributed by atoms with Crippen molar-refractivity contribution in [3.8, 4) is 10.4 Å². The molecular weight excluding hydrogens is 741 g/mol. The first-order valence-electron chi connectivity index (χ1n) is 19.5. The molecule has 1 aromatic carbocycles. The van der Waals surface area contributed by atoms with Gasteiger partial charge in [0.15, 0.2) is 0 Å². The van der Waals surface area contributed by atoms with Crippen LogP contribution in [0, 0.1) is 12.3 Å². The van der Waals surface area contributed by atoms with E-state index in [1.165, 1.54) is 4.90 Å². The molecule has 3 rings (SSSR count). The van der Waals surface area contributed by atoms with Crippen molar-refractivity contribution in [1.82, 2.24) is 25.4 Å². The SMILES string of the molecule is Cc1ncsc1-c1ccc(CNC(=O)[C@@H]2C[C@@H](O)CN2C(=O)[C@@H](NC(=O)CCCCN(CCOCCOCCOCCN)C(=O)OC(C)(C)C)C(C)(C)C)cc1. The van der Waals surface area contributed by atoms with E-state index in [4.69, 9.17) is 24.7 Å². The highest BCUT2D eigenvalue weighted by Crippen LogP contribution is 2.28. The fourth-order valence-electron chi connectivity index (χ4n) is 6.02. The van der Waals surface area contributed by atoms with Gasteiger partial charge in [0.25, 0.3) is 0 Å². The van der Waals surface area contributed by atoms with Crippen molar-refractivity contribution in [3.63, 3.8) is 0 Å². The van der Waals surface area contributed by atoms with Gasteiger partial charge in [-0.05, 0) is 57.1 Å². The van der Waals surface area contributed by atoms with Gasteiger partial charge in [-0.25, -0.2) is 9.78 Å². The smallest absolute Gasteiger partial charge is 0.410 e. The number of rotatable bonds is 22. The zero-order valence-electron chi connectivity index (χ0n) is 34.3. The molecule has 56 heavy (non-hydrogen) atoms.